The van der Waals surface area contributed by atoms with Gasteiger partial charge in [-0.15, -0.1) is 0 Å². The van der Waals surface area contributed by atoms with Crippen molar-refractivity contribution in [3.8, 4) is 5.75 Å². The lowest BCUT2D eigenvalue weighted by Gasteiger charge is -2.23. The summed E-state index contributed by atoms with van der Waals surface area (Å²) in [6.07, 6.45) is -1.55. The van der Waals surface area contributed by atoms with Crippen molar-refractivity contribution in [2.75, 3.05) is 13.7 Å². The molecule has 1 amide bonds. The van der Waals surface area contributed by atoms with Crippen LogP contribution in [0.2, 0.25) is 0 Å². The summed E-state index contributed by atoms with van der Waals surface area (Å²) in [5.74, 6) is 0.668. The molecule has 2 rings (SSSR count). The number of nitrogens with zero attached hydrogens (tertiary/aromatic N) is 1. The van der Waals surface area contributed by atoms with Gasteiger partial charge in [0, 0.05) is 6.54 Å². The highest BCUT2D eigenvalue weighted by molar-refractivity contribution is 5.66. The van der Waals surface area contributed by atoms with Crippen LogP contribution >= 0.6 is 0 Å². The largest absolute Gasteiger partial charge is 0.496 e. The molecular formula is C13H16FNO3. The fourth-order valence-corrected chi connectivity index (χ4v) is 2.39. The van der Waals surface area contributed by atoms with Crippen LogP contribution in [0.3, 0.4) is 0 Å². The Morgan fingerprint density at radius 2 is 2.28 bits per heavy atom. The maximum atomic E-state index is 13.8. The predicted octanol–water partition coefficient (Wildman–Crippen LogP) is 2.33. The second kappa shape index (κ2) is 5.25. The molecule has 4 nitrogen and oxygen atoms in total. The number of benzene rings is 1. The van der Waals surface area contributed by atoms with Crippen LogP contribution in [0.5, 0.6) is 5.75 Å². The fourth-order valence-electron chi connectivity index (χ4n) is 2.39. The molecule has 1 aromatic carbocycles. The van der Waals surface area contributed by atoms with Gasteiger partial charge < -0.3 is 14.7 Å². The first-order valence-electron chi connectivity index (χ1n) is 5.89. The lowest BCUT2D eigenvalue weighted by Crippen LogP contribution is -2.39. The molecule has 18 heavy (non-hydrogen) atoms. The smallest absolute Gasteiger partial charge is 0.407 e. The Labute approximate surface area is 105 Å². The number of carbonyl (C=O) groups is 1. The lowest BCUT2D eigenvalue weighted by atomic mass is 10.0. The first-order chi connectivity index (χ1) is 8.63. The maximum absolute atomic E-state index is 13.8. The molecule has 2 atom stereocenters. The van der Waals surface area contributed by atoms with E-state index in [2.05, 4.69) is 0 Å². The van der Waals surface area contributed by atoms with Crippen LogP contribution < -0.4 is 4.74 Å². The molecule has 1 aliphatic heterocycles. The molecule has 0 bridgehead atoms. The third kappa shape index (κ3) is 2.39. The Balaban J connectivity index is 2.18. The Hall–Kier alpha value is -1.78. The number of amides is 1. The summed E-state index contributed by atoms with van der Waals surface area (Å²) >= 11 is 0. The van der Waals surface area contributed by atoms with Gasteiger partial charge in [-0.2, -0.15) is 0 Å². The quantitative estimate of drug-likeness (QED) is 0.899. The molecule has 5 heteroatoms. The van der Waals surface area contributed by atoms with E-state index in [0.29, 0.717) is 12.2 Å². The molecular weight excluding hydrogens is 237 g/mol. The number of carboxylic acid groups (broad SMARTS) is 1. The van der Waals surface area contributed by atoms with Gasteiger partial charge in [0.25, 0.3) is 0 Å². The second-order valence-corrected chi connectivity index (χ2v) is 4.36. The molecule has 0 spiro atoms. The Bertz CT molecular complexity index is 438. The second-order valence-electron chi connectivity index (χ2n) is 4.36. The molecule has 0 aromatic heterocycles. The summed E-state index contributed by atoms with van der Waals surface area (Å²) in [5.41, 5.74) is 0.834. The van der Waals surface area contributed by atoms with Gasteiger partial charge in [-0.25, -0.2) is 9.18 Å². The first kappa shape index (κ1) is 12.7. The highest BCUT2D eigenvalue weighted by atomic mass is 19.1. The molecule has 0 aliphatic carbocycles. The first-order valence-corrected chi connectivity index (χ1v) is 5.89. The number of para-hydroxylation sites is 1. The number of hydrogen-bond donors (Lipinski definition) is 1. The van der Waals surface area contributed by atoms with Gasteiger partial charge in [0.05, 0.1) is 13.2 Å². The molecule has 1 heterocycles. The van der Waals surface area contributed by atoms with E-state index in [1.165, 1.54) is 4.90 Å². The van der Waals surface area contributed by atoms with Crippen molar-refractivity contribution in [1.82, 2.24) is 4.90 Å². The highest BCUT2D eigenvalue weighted by Crippen LogP contribution is 2.27. The summed E-state index contributed by atoms with van der Waals surface area (Å²) < 4.78 is 19.0. The van der Waals surface area contributed by atoms with Crippen molar-refractivity contribution >= 4 is 6.09 Å². The summed E-state index contributed by atoms with van der Waals surface area (Å²) in [7, 11) is 1.55. The van der Waals surface area contributed by atoms with Gasteiger partial charge in [0.15, 0.2) is 0 Å². The lowest BCUT2D eigenvalue weighted by molar-refractivity contribution is 0.128. The van der Waals surface area contributed by atoms with Crippen LogP contribution in [-0.4, -0.2) is 42.0 Å². The molecule has 1 fully saturated rings. The van der Waals surface area contributed by atoms with Crippen LogP contribution in [0.15, 0.2) is 24.3 Å². The molecule has 1 aromatic rings. The Morgan fingerprint density at radius 3 is 2.94 bits per heavy atom. The molecule has 1 saturated heterocycles. The zero-order chi connectivity index (χ0) is 13.1. The highest BCUT2D eigenvalue weighted by Gasteiger charge is 2.37. The summed E-state index contributed by atoms with van der Waals surface area (Å²) in [4.78, 5) is 12.2. The zero-order valence-electron chi connectivity index (χ0n) is 10.2. The SMILES string of the molecule is COc1ccccc1CC1C(F)CCN1C(=O)O. The van der Waals surface area contributed by atoms with Crippen LogP contribution in [0, 0.1) is 0 Å². The van der Waals surface area contributed by atoms with Crippen LogP contribution in [-0.2, 0) is 6.42 Å². The molecule has 98 valence electrons. The molecule has 1 aliphatic rings. The van der Waals surface area contributed by atoms with Crippen molar-refractivity contribution in [3.05, 3.63) is 29.8 Å². The van der Waals surface area contributed by atoms with Crippen LogP contribution in [0.25, 0.3) is 0 Å². The Kier molecular flexibility index (Phi) is 3.69. The third-order valence-corrected chi connectivity index (χ3v) is 3.33. The van der Waals surface area contributed by atoms with Crippen molar-refractivity contribution in [2.24, 2.45) is 0 Å². The fraction of sp³-hybridized carbons (Fsp3) is 0.462. The topological polar surface area (TPSA) is 49.8 Å². The minimum Gasteiger partial charge on any atom is -0.496 e. The number of halogens is 1. The molecule has 0 saturated carbocycles. The molecule has 2 unspecified atom stereocenters. The van der Waals surface area contributed by atoms with Crippen LogP contribution in [0.1, 0.15) is 12.0 Å². The average molecular weight is 253 g/mol. The van der Waals surface area contributed by atoms with E-state index in [0.717, 1.165) is 5.56 Å². The normalized spacial score (nSPS) is 23.1. The number of likely N-dealkylation sites (tertiary alicyclic amines) is 1. The van der Waals surface area contributed by atoms with Gasteiger partial charge in [-0.1, -0.05) is 18.2 Å². The number of hydrogen-bond acceptors (Lipinski definition) is 2. The van der Waals surface area contributed by atoms with E-state index in [1.807, 2.05) is 18.2 Å². The van der Waals surface area contributed by atoms with Crippen molar-refractivity contribution in [2.45, 2.75) is 25.1 Å². The van der Waals surface area contributed by atoms with Gasteiger partial charge in [0.2, 0.25) is 0 Å². The van der Waals surface area contributed by atoms with Gasteiger partial charge in [-0.3, -0.25) is 0 Å². The van der Waals surface area contributed by atoms with Crippen molar-refractivity contribution in [3.63, 3.8) is 0 Å². The zero-order valence-corrected chi connectivity index (χ0v) is 10.2. The van der Waals surface area contributed by atoms with E-state index in [4.69, 9.17) is 9.84 Å². The number of methoxy groups -OCH3 is 1. The van der Waals surface area contributed by atoms with Crippen molar-refractivity contribution < 1.29 is 19.0 Å². The minimum absolute atomic E-state index is 0.260. The predicted molar refractivity (Wildman–Crippen MR) is 64.7 cm³/mol. The number of alkyl halides is 1. The average Bonchev–Trinajstić information content (AvgIpc) is 2.72. The monoisotopic (exact) mass is 253 g/mol. The number of rotatable bonds is 3. The van der Waals surface area contributed by atoms with Crippen molar-refractivity contribution in [1.29, 1.82) is 0 Å². The van der Waals surface area contributed by atoms with E-state index in [1.54, 1.807) is 13.2 Å². The molecule has 1 N–H and O–H groups in total. The summed E-state index contributed by atoms with van der Waals surface area (Å²) in [6.45, 7) is 0.260. The van der Waals surface area contributed by atoms with Gasteiger partial charge >= 0.3 is 6.09 Å². The Morgan fingerprint density at radius 1 is 1.56 bits per heavy atom. The summed E-state index contributed by atoms with van der Waals surface area (Å²) in [6, 6.07) is 6.69. The van der Waals surface area contributed by atoms with E-state index >= 15 is 0 Å². The van der Waals surface area contributed by atoms with Gasteiger partial charge in [0.1, 0.15) is 11.9 Å². The summed E-state index contributed by atoms with van der Waals surface area (Å²) in [5, 5.41) is 9.03. The van der Waals surface area contributed by atoms with E-state index in [9.17, 15) is 9.18 Å². The van der Waals surface area contributed by atoms with Gasteiger partial charge in [-0.05, 0) is 24.5 Å². The standard InChI is InChI=1S/C13H16FNO3/c1-18-12-5-3-2-4-9(12)8-11-10(14)6-7-15(11)13(16)17/h2-5,10-11H,6-8H2,1H3,(H,16,17). The van der Waals surface area contributed by atoms with Crippen LogP contribution in [0.4, 0.5) is 9.18 Å². The maximum Gasteiger partial charge on any atom is 0.407 e. The van der Waals surface area contributed by atoms with E-state index in [-0.39, 0.29) is 13.0 Å². The van der Waals surface area contributed by atoms with E-state index < -0.39 is 18.3 Å². The molecule has 0 radical (unpaired) electrons. The third-order valence-electron chi connectivity index (χ3n) is 3.33. The number of ether oxygens (including phenoxy) is 1. The minimum atomic E-state index is -1.11.